The molecule has 0 aromatic heterocycles. The topological polar surface area (TPSA) is 35.2 Å². The lowest BCUT2D eigenvalue weighted by molar-refractivity contribution is 0.105. The Labute approximate surface area is 61.7 Å². The van der Waals surface area contributed by atoms with E-state index in [9.17, 15) is 0 Å². The van der Waals surface area contributed by atoms with Gasteiger partial charge in [-0.15, -0.1) is 0 Å². The monoisotopic (exact) mass is 141 g/mol. The van der Waals surface area contributed by atoms with Gasteiger partial charge in [0.25, 0.3) is 0 Å². The van der Waals surface area contributed by atoms with Gasteiger partial charge in [0, 0.05) is 13.2 Å². The lowest BCUT2D eigenvalue weighted by atomic mass is 9.72. The third kappa shape index (κ3) is 0.789. The van der Waals surface area contributed by atoms with Crippen LogP contribution in [-0.4, -0.2) is 19.3 Å². The van der Waals surface area contributed by atoms with E-state index in [2.05, 4.69) is 0 Å². The van der Waals surface area contributed by atoms with E-state index in [1.807, 2.05) is 0 Å². The van der Waals surface area contributed by atoms with Crippen molar-refractivity contribution in [1.82, 2.24) is 0 Å². The van der Waals surface area contributed by atoms with Crippen molar-refractivity contribution in [2.24, 2.45) is 17.6 Å². The first-order valence-electron chi connectivity index (χ1n) is 4.09. The third-order valence-corrected chi connectivity index (χ3v) is 3.16. The van der Waals surface area contributed by atoms with E-state index in [4.69, 9.17) is 10.5 Å². The predicted octanol–water partition coefficient (Wildman–Crippen LogP) is 0.759. The quantitative estimate of drug-likeness (QED) is 0.585. The molecular weight excluding hydrogens is 126 g/mol. The molecule has 0 bridgehead atoms. The van der Waals surface area contributed by atoms with E-state index in [0.29, 0.717) is 12.1 Å². The van der Waals surface area contributed by atoms with Gasteiger partial charge in [0.2, 0.25) is 0 Å². The standard InChI is InChI=1S/C8H15NO/c1-10-6-2-5-3-8(9)7(5)4-6/h5-8H,2-4,9H2,1H3/t5-,6?,7-,8?/m1/s1. The normalized spacial score (nSPS) is 52.2. The van der Waals surface area contributed by atoms with Crippen LogP contribution in [0, 0.1) is 11.8 Å². The molecule has 10 heavy (non-hydrogen) atoms. The Balaban J connectivity index is 1.93. The van der Waals surface area contributed by atoms with Crippen molar-refractivity contribution < 1.29 is 4.74 Å². The number of fused-ring (bicyclic) bond motifs is 1. The third-order valence-electron chi connectivity index (χ3n) is 3.16. The minimum absolute atomic E-state index is 0.491. The second kappa shape index (κ2) is 2.21. The summed E-state index contributed by atoms with van der Waals surface area (Å²) in [6.45, 7) is 0. The summed E-state index contributed by atoms with van der Waals surface area (Å²) in [4.78, 5) is 0. The number of hydrogen-bond acceptors (Lipinski definition) is 2. The number of hydrogen-bond donors (Lipinski definition) is 1. The Morgan fingerprint density at radius 1 is 1.30 bits per heavy atom. The molecule has 2 heteroatoms. The second-order valence-electron chi connectivity index (χ2n) is 3.65. The SMILES string of the molecule is COC1C[C@@H]2CC(N)[C@@H]2C1. The van der Waals surface area contributed by atoms with Gasteiger partial charge in [0.15, 0.2) is 0 Å². The molecule has 0 aromatic carbocycles. The van der Waals surface area contributed by atoms with Crippen LogP contribution in [0.2, 0.25) is 0 Å². The summed E-state index contributed by atoms with van der Waals surface area (Å²) in [5.74, 6) is 1.70. The van der Waals surface area contributed by atoms with Crippen LogP contribution in [0.15, 0.2) is 0 Å². The molecule has 2 saturated carbocycles. The molecule has 4 atom stereocenters. The smallest absolute Gasteiger partial charge is 0.0577 e. The first kappa shape index (κ1) is 6.62. The van der Waals surface area contributed by atoms with Crippen molar-refractivity contribution in [3.63, 3.8) is 0 Å². The Hall–Kier alpha value is -0.0800. The van der Waals surface area contributed by atoms with E-state index in [1.54, 1.807) is 7.11 Å². The molecule has 0 spiro atoms. The molecule has 0 radical (unpaired) electrons. The van der Waals surface area contributed by atoms with Gasteiger partial charge in [-0.3, -0.25) is 0 Å². The first-order valence-corrected chi connectivity index (χ1v) is 4.09. The summed E-state index contributed by atoms with van der Waals surface area (Å²) in [5.41, 5.74) is 5.83. The van der Waals surface area contributed by atoms with Gasteiger partial charge < -0.3 is 10.5 Å². The van der Waals surface area contributed by atoms with Crippen molar-refractivity contribution >= 4 is 0 Å². The van der Waals surface area contributed by atoms with E-state index >= 15 is 0 Å². The van der Waals surface area contributed by atoms with Crippen molar-refractivity contribution in [1.29, 1.82) is 0 Å². The predicted molar refractivity (Wildman–Crippen MR) is 39.6 cm³/mol. The molecule has 2 nitrogen and oxygen atoms in total. The number of rotatable bonds is 1. The Kier molecular flexibility index (Phi) is 1.46. The fraction of sp³-hybridized carbons (Fsp3) is 1.00. The molecule has 58 valence electrons. The van der Waals surface area contributed by atoms with Gasteiger partial charge in [-0.2, -0.15) is 0 Å². The summed E-state index contributed by atoms with van der Waals surface area (Å²) in [6.07, 6.45) is 4.23. The molecule has 2 N–H and O–H groups in total. The number of methoxy groups -OCH3 is 1. The Morgan fingerprint density at radius 2 is 2.10 bits per heavy atom. The highest BCUT2D eigenvalue weighted by Crippen LogP contribution is 2.46. The second-order valence-corrected chi connectivity index (χ2v) is 3.65. The van der Waals surface area contributed by atoms with E-state index in [1.165, 1.54) is 19.3 Å². The number of nitrogens with two attached hydrogens (primary N) is 1. The van der Waals surface area contributed by atoms with Gasteiger partial charge in [-0.05, 0) is 31.1 Å². The van der Waals surface area contributed by atoms with Crippen LogP contribution in [-0.2, 0) is 4.74 Å². The van der Waals surface area contributed by atoms with E-state index in [-0.39, 0.29) is 0 Å². The summed E-state index contributed by atoms with van der Waals surface area (Å²) < 4.78 is 5.28. The molecule has 0 saturated heterocycles. The van der Waals surface area contributed by atoms with Gasteiger partial charge in [-0.1, -0.05) is 0 Å². The maximum atomic E-state index is 5.83. The van der Waals surface area contributed by atoms with Crippen molar-refractivity contribution in [3.8, 4) is 0 Å². The fourth-order valence-corrected chi connectivity index (χ4v) is 2.42. The average Bonchev–Trinajstić information content (AvgIpc) is 2.26. The largest absolute Gasteiger partial charge is 0.381 e. The van der Waals surface area contributed by atoms with Crippen LogP contribution in [0.3, 0.4) is 0 Å². The summed E-state index contributed by atoms with van der Waals surface area (Å²) in [7, 11) is 1.81. The maximum absolute atomic E-state index is 5.83. The van der Waals surface area contributed by atoms with Crippen molar-refractivity contribution in [3.05, 3.63) is 0 Å². The molecule has 0 aromatic rings. The van der Waals surface area contributed by atoms with Gasteiger partial charge >= 0.3 is 0 Å². The highest BCUT2D eigenvalue weighted by atomic mass is 16.5. The Morgan fingerprint density at radius 3 is 2.60 bits per heavy atom. The first-order chi connectivity index (χ1) is 4.81. The van der Waals surface area contributed by atoms with Crippen LogP contribution in [0.4, 0.5) is 0 Å². The van der Waals surface area contributed by atoms with Crippen LogP contribution in [0.5, 0.6) is 0 Å². The van der Waals surface area contributed by atoms with Crippen LogP contribution >= 0.6 is 0 Å². The fourth-order valence-electron chi connectivity index (χ4n) is 2.42. The summed E-state index contributed by atoms with van der Waals surface area (Å²) >= 11 is 0. The highest BCUT2D eigenvalue weighted by molar-refractivity contribution is 4.99. The zero-order chi connectivity index (χ0) is 7.14. The minimum Gasteiger partial charge on any atom is -0.381 e. The molecule has 2 aliphatic carbocycles. The highest BCUT2D eigenvalue weighted by Gasteiger charge is 2.45. The zero-order valence-corrected chi connectivity index (χ0v) is 6.42. The van der Waals surface area contributed by atoms with Gasteiger partial charge in [0.1, 0.15) is 0 Å². The van der Waals surface area contributed by atoms with E-state index in [0.717, 1.165) is 11.8 Å². The molecule has 2 unspecified atom stereocenters. The minimum atomic E-state index is 0.491. The summed E-state index contributed by atoms with van der Waals surface area (Å²) in [6, 6.07) is 0.491. The molecule has 0 aliphatic heterocycles. The van der Waals surface area contributed by atoms with Crippen molar-refractivity contribution in [2.75, 3.05) is 7.11 Å². The zero-order valence-electron chi connectivity index (χ0n) is 6.42. The maximum Gasteiger partial charge on any atom is 0.0577 e. The molecule has 0 amide bonds. The van der Waals surface area contributed by atoms with Crippen molar-refractivity contribution in [2.45, 2.75) is 31.4 Å². The van der Waals surface area contributed by atoms with Gasteiger partial charge in [-0.25, -0.2) is 0 Å². The molecule has 2 fully saturated rings. The summed E-state index contributed by atoms with van der Waals surface area (Å²) in [5, 5.41) is 0. The molecule has 0 heterocycles. The van der Waals surface area contributed by atoms with Crippen LogP contribution < -0.4 is 5.73 Å². The van der Waals surface area contributed by atoms with E-state index < -0.39 is 0 Å². The van der Waals surface area contributed by atoms with Crippen LogP contribution in [0.1, 0.15) is 19.3 Å². The molecular formula is C8H15NO. The molecule has 2 rings (SSSR count). The molecule has 2 aliphatic rings. The average molecular weight is 141 g/mol. The Bertz CT molecular complexity index is 137. The lowest BCUT2D eigenvalue weighted by Crippen LogP contribution is -2.44. The van der Waals surface area contributed by atoms with Gasteiger partial charge in [0.05, 0.1) is 6.10 Å². The van der Waals surface area contributed by atoms with Crippen LogP contribution in [0.25, 0.3) is 0 Å². The number of ether oxygens (including phenoxy) is 1. The lowest BCUT2D eigenvalue weighted by Gasteiger charge is -2.37.